The Kier molecular flexibility index (Phi) is 6.18. The van der Waals surface area contributed by atoms with Crippen LogP contribution in [0.1, 0.15) is 29.7 Å². The average Bonchev–Trinajstić information content (AvgIpc) is 2.76. The lowest BCUT2D eigenvalue weighted by Crippen LogP contribution is -2.38. The number of para-hydroxylation sites is 1. The third kappa shape index (κ3) is 4.69. The second-order valence-corrected chi connectivity index (χ2v) is 7.71. The molecule has 7 nitrogen and oxygen atoms in total. The number of rotatable bonds is 5. The highest BCUT2D eigenvalue weighted by molar-refractivity contribution is 5.98. The summed E-state index contributed by atoms with van der Waals surface area (Å²) in [6.45, 7) is 4.29. The predicted molar refractivity (Wildman–Crippen MR) is 118 cm³/mol. The summed E-state index contributed by atoms with van der Waals surface area (Å²) in [4.78, 5) is 6.66. The number of amidine groups is 1. The number of hydrogen-bond acceptors (Lipinski definition) is 5. The van der Waals surface area contributed by atoms with E-state index in [1.807, 2.05) is 43.3 Å². The third-order valence-corrected chi connectivity index (χ3v) is 5.53. The van der Waals surface area contributed by atoms with Crippen molar-refractivity contribution in [2.75, 3.05) is 13.1 Å². The molecule has 0 amide bonds. The zero-order valence-electron chi connectivity index (χ0n) is 17.4. The third-order valence-electron chi connectivity index (χ3n) is 5.53. The van der Waals surface area contributed by atoms with Gasteiger partial charge in [0.15, 0.2) is 5.84 Å². The van der Waals surface area contributed by atoms with Crippen molar-refractivity contribution in [1.29, 1.82) is 5.41 Å². The lowest BCUT2D eigenvalue weighted by molar-refractivity contribution is 0.0978. The average molecular weight is 420 g/mol. The Balaban J connectivity index is 1.42. The van der Waals surface area contributed by atoms with Crippen molar-refractivity contribution < 1.29 is 9.13 Å². The van der Waals surface area contributed by atoms with Crippen LogP contribution in [0.2, 0.25) is 0 Å². The summed E-state index contributed by atoms with van der Waals surface area (Å²) >= 11 is 0. The fraction of sp³-hybridized carbons (Fsp3) is 0.304. The molecule has 0 spiro atoms. The topological polar surface area (TPSA) is 100.0 Å². The van der Waals surface area contributed by atoms with Crippen LogP contribution in [-0.4, -0.2) is 34.9 Å². The molecule has 1 aliphatic rings. The molecule has 160 valence electrons. The van der Waals surface area contributed by atoms with Crippen LogP contribution >= 0.6 is 0 Å². The first-order valence-electron chi connectivity index (χ1n) is 10.3. The highest BCUT2D eigenvalue weighted by atomic mass is 19.1. The van der Waals surface area contributed by atoms with E-state index in [0.29, 0.717) is 23.2 Å². The SMILES string of the molecule is Cc1cc(OC2CCN(Cc3ccccc3C(=N)N=NN)CC2)c2cccc(F)c2n1. The van der Waals surface area contributed by atoms with Crippen molar-refractivity contribution in [1.82, 2.24) is 9.88 Å². The van der Waals surface area contributed by atoms with Crippen LogP contribution in [0.3, 0.4) is 0 Å². The summed E-state index contributed by atoms with van der Waals surface area (Å²) < 4.78 is 20.4. The quantitative estimate of drug-likeness (QED) is 0.210. The smallest absolute Gasteiger partial charge is 0.176 e. The molecular weight excluding hydrogens is 395 g/mol. The van der Waals surface area contributed by atoms with E-state index in [2.05, 4.69) is 20.2 Å². The Morgan fingerprint density at radius 1 is 1.23 bits per heavy atom. The number of aryl methyl sites for hydroxylation is 1. The number of nitrogens with zero attached hydrogens (tertiary/aromatic N) is 4. The number of ether oxygens (including phenoxy) is 1. The van der Waals surface area contributed by atoms with Crippen molar-refractivity contribution in [3.8, 4) is 5.75 Å². The molecular formula is C23H25FN6O. The van der Waals surface area contributed by atoms with Gasteiger partial charge < -0.3 is 10.6 Å². The second kappa shape index (κ2) is 9.18. The van der Waals surface area contributed by atoms with E-state index >= 15 is 0 Å². The Morgan fingerprint density at radius 3 is 2.77 bits per heavy atom. The fourth-order valence-electron chi connectivity index (χ4n) is 4.01. The van der Waals surface area contributed by atoms with Gasteiger partial charge in [-0.2, -0.15) is 0 Å². The maximum atomic E-state index is 14.2. The minimum absolute atomic E-state index is 0.0588. The molecule has 1 fully saturated rings. The highest BCUT2D eigenvalue weighted by Gasteiger charge is 2.23. The van der Waals surface area contributed by atoms with Crippen LogP contribution in [-0.2, 0) is 6.54 Å². The first kappa shape index (κ1) is 20.9. The number of benzene rings is 2. The van der Waals surface area contributed by atoms with Gasteiger partial charge in [-0.05, 0) is 37.5 Å². The monoisotopic (exact) mass is 420 g/mol. The lowest BCUT2D eigenvalue weighted by atomic mass is 10.0. The molecule has 3 aromatic rings. The van der Waals surface area contributed by atoms with Gasteiger partial charge in [-0.3, -0.25) is 10.3 Å². The first-order valence-corrected chi connectivity index (χ1v) is 10.3. The van der Waals surface area contributed by atoms with Gasteiger partial charge in [0.25, 0.3) is 0 Å². The number of pyridine rings is 1. The van der Waals surface area contributed by atoms with E-state index in [-0.39, 0.29) is 17.8 Å². The van der Waals surface area contributed by atoms with Crippen molar-refractivity contribution in [2.45, 2.75) is 32.4 Å². The van der Waals surface area contributed by atoms with Crippen LogP contribution in [0.25, 0.3) is 10.9 Å². The second-order valence-electron chi connectivity index (χ2n) is 7.71. The summed E-state index contributed by atoms with van der Waals surface area (Å²) in [7, 11) is 0. The Labute approximate surface area is 180 Å². The van der Waals surface area contributed by atoms with Crippen LogP contribution < -0.4 is 10.6 Å². The lowest BCUT2D eigenvalue weighted by Gasteiger charge is -2.32. The van der Waals surface area contributed by atoms with Gasteiger partial charge >= 0.3 is 0 Å². The molecule has 0 aliphatic carbocycles. The van der Waals surface area contributed by atoms with Gasteiger partial charge in [0.05, 0.1) is 0 Å². The Hall–Kier alpha value is -3.39. The summed E-state index contributed by atoms with van der Waals surface area (Å²) in [6, 6.07) is 14.5. The molecule has 1 saturated heterocycles. The molecule has 8 heteroatoms. The van der Waals surface area contributed by atoms with Crippen LogP contribution in [0.5, 0.6) is 5.75 Å². The number of hydrogen-bond donors (Lipinski definition) is 2. The molecule has 4 rings (SSSR count). The van der Waals surface area contributed by atoms with Crippen molar-refractivity contribution in [2.24, 2.45) is 16.2 Å². The van der Waals surface area contributed by atoms with Gasteiger partial charge in [0.1, 0.15) is 23.2 Å². The Morgan fingerprint density at radius 2 is 2.00 bits per heavy atom. The zero-order valence-corrected chi connectivity index (χ0v) is 17.4. The summed E-state index contributed by atoms with van der Waals surface area (Å²) in [6.07, 6.45) is 1.78. The number of likely N-dealkylation sites (tertiary alicyclic amines) is 1. The van der Waals surface area contributed by atoms with E-state index < -0.39 is 0 Å². The molecule has 0 unspecified atom stereocenters. The van der Waals surface area contributed by atoms with Gasteiger partial charge in [-0.25, -0.2) is 9.37 Å². The highest BCUT2D eigenvalue weighted by Crippen LogP contribution is 2.30. The number of nitrogens with two attached hydrogens (primary N) is 1. The molecule has 0 radical (unpaired) electrons. The van der Waals surface area contributed by atoms with Crippen molar-refractivity contribution in [3.63, 3.8) is 0 Å². The maximum absolute atomic E-state index is 14.2. The minimum atomic E-state index is -0.334. The first-order chi connectivity index (χ1) is 15.0. The van der Waals surface area contributed by atoms with Crippen LogP contribution in [0, 0.1) is 18.2 Å². The molecule has 2 aromatic carbocycles. The number of fused-ring (bicyclic) bond motifs is 1. The predicted octanol–water partition coefficient (Wildman–Crippen LogP) is 4.38. The maximum Gasteiger partial charge on any atom is 0.176 e. The van der Waals surface area contributed by atoms with Crippen molar-refractivity contribution >= 4 is 16.7 Å². The minimum Gasteiger partial charge on any atom is -0.490 e. The molecule has 1 aromatic heterocycles. The zero-order chi connectivity index (χ0) is 21.8. The van der Waals surface area contributed by atoms with Gasteiger partial charge in [0.2, 0.25) is 0 Å². The molecule has 3 N–H and O–H groups in total. The summed E-state index contributed by atoms with van der Waals surface area (Å²) in [5.74, 6) is 5.51. The Bertz CT molecular complexity index is 1120. The van der Waals surface area contributed by atoms with E-state index in [4.69, 9.17) is 16.0 Å². The standard InChI is InChI=1S/C23H25FN6O/c1-15-13-21(19-7-4-8-20(24)22(19)27-15)31-17-9-11-30(12-10-17)14-16-5-2-3-6-18(16)23(25)28-29-26/h2-8,13,17H,9-12,14H2,1H3,(H3,25,26,28). The molecule has 0 saturated carbocycles. The molecule has 0 bridgehead atoms. The summed E-state index contributed by atoms with van der Waals surface area (Å²) in [5, 5.41) is 15.6. The number of piperidine rings is 1. The normalized spacial score (nSPS) is 15.5. The molecule has 1 aliphatic heterocycles. The van der Waals surface area contributed by atoms with E-state index in [9.17, 15) is 4.39 Å². The van der Waals surface area contributed by atoms with E-state index in [1.165, 1.54) is 6.07 Å². The van der Waals surface area contributed by atoms with Crippen molar-refractivity contribution in [3.05, 3.63) is 71.2 Å². The van der Waals surface area contributed by atoms with Gasteiger partial charge in [-0.1, -0.05) is 35.6 Å². The van der Waals surface area contributed by atoms with E-state index in [1.54, 1.807) is 6.07 Å². The fourth-order valence-corrected chi connectivity index (χ4v) is 4.01. The molecule has 2 heterocycles. The number of halogens is 1. The summed E-state index contributed by atoms with van der Waals surface area (Å²) in [5.41, 5.74) is 2.84. The van der Waals surface area contributed by atoms with Crippen LogP contribution in [0.15, 0.2) is 58.9 Å². The molecule has 0 atom stereocenters. The van der Waals surface area contributed by atoms with Gasteiger partial charge in [0, 0.05) is 42.3 Å². The number of aromatic nitrogens is 1. The largest absolute Gasteiger partial charge is 0.490 e. The van der Waals surface area contributed by atoms with E-state index in [0.717, 1.165) is 42.8 Å². The number of nitrogens with one attached hydrogen (secondary N) is 1. The van der Waals surface area contributed by atoms with Crippen LogP contribution in [0.4, 0.5) is 4.39 Å². The van der Waals surface area contributed by atoms with Gasteiger partial charge in [-0.15, -0.1) is 5.11 Å². The molecule has 31 heavy (non-hydrogen) atoms.